The molecule has 2 amide bonds. The minimum atomic E-state index is -5.54. The Kier molecular flexibility index (Phi) is 6.97. The fraction of sp³-hybridized carbons (Fsp3) is 0.346. The SMILES string of the molecule is CC(=O)Nc1ccc(S(=O)(=O)NC2(C(F)(F)F)C(=O)N(Cc3ccc(F)cc3)C3=C2C(=O)CC(C)(C)C3)cc1. The van der Waals surface area contributed by atoms with Gasteiger partial charge >= 0.3 is 6.18 Å². The molecule has 2 N–H and O–H groups in total. The van der Waals surface area contributed by atoms with E-state index >= 15 is 0 Å². The standard InChI is InChI=1S/C26H25F4N3O5S/c1-15(34)31-18-8-10-19(11-9-18)39(37,38)32-25(26(28,29)30)22-20(12-24(2,3)13-21(22)35)33(23(25)36)14-16-4-6-17(27)7-5-16/h4-11,32H,12-14H2,1-3H3,(H,31,34). The molecule has 1 unspecified atom stereocenters. The third-order valence-corrected chi connectivity index (χ3v) is 8.04. The van der Waals surface area contributed by atoms with Gasteiger partial charge in [0.15, 0.2) is 5.78 Å². The van der Waals surface area contributed by atoms with Crippen LogP contribution in [0.25, 0.3) is 0 Å². The van der Waals surface area contributed by atoms with Crippen LogP contribution in [0.5, 0.6) is 0 Å². The van der Waals surface area contributed by atoms with Gasteiger partial charge in [-0.1, -0.05) is 26.0 Å². The molecule has 0 radical (unpaired) electrons. The molecular formula is C26H25F4N3O5S. The third kappa shape index (κ3) is 5.20. The summed E-state index contributed by atoms with van der Waals surface area (Å²) >= 11 is 0. The van der Waals surface area contributed by atoms with Crippen LogP contribution in [0.15, 0.2) is 64.7 Å². The van der Waals surface area contributed by atoms with Gasteiger partial charge in [0.2, 0.25) is 21.5 Å². The van der Waals surface area contributed by atoms with Gasteiger partial charge in [-0.3, -0.25) is 14.4 Å². The minimum Gasteiger partial charge on any atom is -0.326 e. The van der Waals surface area contributed by atoms with E-state index in [1.807, 2.05) is 0 Å². The van der Waals surface area contributed by atoms with Crippen molar-refractivity contribution in [2.45, 2.75) is 56.8 Å². The highest BCUT2D eigenvalue weighted by molar-refractivity contribution is 7.89. The minimum absolute atomic E-state index is 0.105. The van der Waals surface area contributed by atoms with Crippen molar-refractivity contribution in [1.82, 2.24) is 9.62 Å². The number of hydrogen-bond donors (Lipinski definition) is 2. The first-order chi connectivity index (χ1) is 18.0. The molecule has 13 heteroatoms. The molecule has 2 aromatic carbocycles. The first-order valence-electron chi connectivity index (χ1n) is 11.8. The lowest BCUT2D eigenvalue weighted by atomic mass is 9.72. The summed E-state index contributed by atoms with van der Waals surface area (Å²) in [6, 6.07) is 9.00. The summed E-state index contributed by atoms with van der Waals surface area (Å²) in [5, 5.41) is 2.41. The highest BCUT2D eigenvalue weighted by Crippen LogP contribution is 2.52. The zero-order valence-corrected chi connectivity index (χ0v) is 22.0. The summed E-state index contributed by atoms with van der Waals surface area (Å²) in [5.74, 6) is -3.72. The van der Waals surface area contributed by atoms with Gasteiger partial charge in [-0.05, 0) is 53.8 Å². The highest BCUT2D eigenvalue weighted by atomic mass is 32.2. The lowest BCUT2D eigenvalue weighted by molar-refractivity contribution is -0.189. The van der Waals surface area contributed by atoms with Crippen molar-refractivity contribution in [3.8, 4) is 0 Å². The molecule has 0 saturated carbocycles. The lowest BCUT2D eigenvalue weighted by Crippen LogP contribution is -2.66. The maximum absolute atomic E-state index is 15.0. The summed E-state index contributed by atoms with van der Waals surface area (Å²) in [6.07, 6.45) is -5.98. The summed E-state index contributed by atoms with van der Waals surface area (Å²) in [6.45, 7) is 4.09. The van der Waals surface area contributed by atoms with Crippen LogP contribution >= 0.6 is 0 Å². The van der Waals surface area contributed by atoms with Crippen molar-refractivity contribution >= 4 is 33.3 Å². The molecule has 4 rings (SSSR count). The largest absolute Gasteiger partial charge is 0.421 e. The van der Waals surface area contributed by atoms with Crippen molar-refractivity contribution in [2.24, 2.45) is 5.41 Å². The maximum atomic E-state index is 15.0. The molecule has 1 atom stereocenters. The predicted octanol–water partition coefficient (Wildman–Crippen LogP) is 4.05. The number of halogens is 4. The number of carbonyl (C=O) groups excluding carboxylic acids is 3. The van der Waals surface area contributed by atoms with Crippen LogP contribution in [0.1, 0.15) is 39.2 Å². The number of benzene rings is 2. The molecule has 0 saturated heterocycles. The summed E-state index contributed by atoms with van der Waals surface area (Å²) in [5.41, 5.74) is -5.39. The Hall–Kier alpha value is -3.58. The zero-order chi connectivity index (χ0) is 29.0. The molecular weight excluding hydrogens is 542 g/mol. The molecule has 0 bridgehead atoms. The van der Waals surface area contributed by atoms with Crippen LogP contribution in [0, 0.1) is 11.2 Å². The Balaban J connectivity index is 1.85. The van der Waals surface area contributed by atoms with E-state index < -0.39 is 67.6 Å². The van der Waals surface area contributed by atoms with Gasteiger partial charge in [0.05, 0.1) is 17.0 Å². The van der Waals surface area contributed by atoms with Gasteiger partial charge in [0.25, 0.3) is 5.91 Å². The van der Waals surface area contributed by atoms with Gasteiger partial charge in [-0.2, -0.15) is 17.9 Å². The zero-order valence-electron chi connectivity index (χ0n) is 21.1. The first kappa shape index (κ1) is 28.4. The van der Waals surface area contributed by atoms with Crippen molar-refractivity contribution in [3.05, 3.63) is 71.2 Å². The molecule has 8 nitrogen and oxygen atoms in total. The van der Waals surface area contributed by atoms with Gasteiger partial charge in [-0.15, -0.1) is 0 Å². The van der Waals surface area contributed by atoms with E-state index in [-0.39, 0.29) is 29.8 Å². The molecule has 1 aliphatic carbocycles. The Labute approximate surface area is 222 Å². The predicted molar refractivity (Wildman–Crippen MR) is 132 cm³/mol. The number of nitrogens with one attached hydrogen (secondary N) is 2. The normalized spacial score (nSPS) is 21.3. The van der Waals surface area contributed by atoms with E-state index in [2.05, 4.69) is 5.32 Å². The third-order valence-electron chi connectivity index (χ3n) is 6.57. The molecule has 2 aromatic rings. The van der Waals surface area contributed by atoms with Gasteiger partial charge in [0.1, 0.15) is 5.82 Å². The average Bonchev–Trinajstić information content (AvgIpc) is 3.02. The number of hydrogen-bond acceptors (Lipinski definition) is 5. The summed E-state index contributed by atoms with van der Waals surface area (Å²) in [4.78, 5) is 38.4. The monoisotopic (exact) mass is 567 g/mol. The van der Waals surface area contributed by atoms with Gasteiger partial charge in [-0.25, -0.2) is 12.8 Å². The van der Waals surface area contributed by atoms with Crippen LogP contribution in [-0.4, -0.2) is 42.6 Å². The first-order valence-corrected chi connectivity index (χ1v) is 13.3. The van der Waals surface area contributed by atoms with Crippen molar-refractivity contribution < 1.29 is 40.4 Å². The highest BCUT2D eigenvalue weighted by Gasteiger charge is 2.72. The molecule has 1 heterocycles. The average molecular weight is 568 g/mol. The molecule has 0 aromatic heterocycles. The number of rotatable bonds is 6. The van der Waals surface area contributed by atoms with Gasteiger partial charge in [0, 0.05) is 24.7 Å². The summed E-state index contributed by atoms with van der Waals surface area (Å²) in [7, 11) is -5.03. The van der Waals surface area contributed by atoms with E-state index in [4.69, 9.17) is 0 Å². The fourth-order valence-electron chi connectivity index (χ4n) is 4.91. The second kappa shape index (κ2) is 9.56. The smallest absolute Gasteiger partial charge is 0.326 e. The van der Waals surface area contributed by atoms with E-state index in [1.165, 1.54) is 31.2 Å². The molecule has 0 spiro atoms. The number of nitrogens with zero attached hydrogens (tertiary/aromatic N) is 1. The van der Waals surface area contributed by atoms with E-state index in [9.17, 15) is 40.4 Å². The van der Waals surface area contributed by atoms with Crippen LogP contribution < -0.4 is 10.0 Å². The Bertz CT molecular complexity index is 1480. The quantitative estimate of drug-likeness (QED) is 0.512. The Morgan fingerprint density at radius 3 is 2.13 bits per heavy atom. The number of alkyl halides is 3. The van der Waals surface area contributed by atoms with Crippen molar-refractivity contribution in [3.63, 3.8) is 0 Å². The maximum Gasteiger partial charge on any atom is 0.421 e. The number of amides is 2. The lowest BCUT2D eigenvalue weighted by Gasteiger charge is -2.35. The second-order valence-corrected chi connectivity index (χ2v) is 12.0. The topological polar surface area (TPSA) is 113 Å². The molecule has 0 fully saturated rings. The Morgan fingerprint density at radius 2 is 1.59 bits per heavy atom. The molecule has 2 aliphatic rings. The van der Waals surface area contributed by atoms with E-state index in [1.54, 1.807) is 18.6 Å². The van der Waals surface area contributed by atoms with Gasteiger partial charge < -0.3 is 10.2 Å². The number of Topliss-reactive ketones (excluding diaryl/α,β-unsaturated/α-hetero) is 1. The number of carbonyl (C=O) groups is 3. The number of allylic oxidation sites excluding steroid dienone is 1. The molecule has 39 heavy (non-hydrogen) atoms. The van der Waals surface area contributed by atoms with Crippen LogP contribution in [0.4, 0.5) is 23.2 Å². The van der Waals surface area contributed by atoms with Crippen LogP contribution in [0.3, 0.4) is 0 Å². The molecule has 1 aliphatic heterocycles. The second-order valence-electron chi connectivity index (χ2n) is 10.3. The van der Waals surface area contributed by atoms with E-state index in [0.29, 0.717) is 0 Å². The summed E-state index contributed by atoms with van der Waals surface area (Å²) < 4.78 is 86.4. The van der Waals surface area contributed by atoms with Crippen LogP contribution in [0.2, 0.25) is 0 Å². The van der Waals surface area contributed by atoms with Crippen molar-refractivity contribution in [2.75, 3.05) is 5.32 Å². The number of anilines is 1. The number of ketones is 1. The van der Waals surface area contributed by atoms with E-state index in [0.717, 1.165) is 29.2 Å². The van der Waals surface area contributed by atoms with Crippen LogP contribution in [-0.2, 0) is 31.0 Å². The Morgan fingerprint density at radius 1 is 1.00 bits per heavy atom. The molecule has 208 valence electrons. The number of sulfonamides is 1. The van der Waals surface area contributed by atoms with Crippen molar-refractivity contribution in [1.29, 1.82) is 0 Å². The fourth-order valence-corrected chi connectivity index (χ4v) is 6.23.